The van der Waals surface area contributed by atoms with Crippen molar-refractivity contribution in [1.29, 1.82) is 0 Å². The molecule has 4 rings (SSSR count). The number of fused-ring (bicyclic) bond motifs is 1. The summed E-state index contributed by atoms with van der Waals surface area (Å²) >= 11 is 0. The second kappa shape index (κ2) is 5.37. The summed E-state index contributed by atoms with van der Waals surface area (Å²) in [5.41, 5.74) is 7.24. The van der Waals surface area contributed by atoms with Crippen molar-refractivity contribution in [1.82, 2.24) is 0 Å². The van der Waals surface area contributed by atoms with Crippen LogP contribution < -0.4 is 0 Å². The van der Waals surface area contributed by atoms with Gasteiger partial charge in [0.25, 0.3) is 0 Å². The zero-order chi connectivity index (χ0) is 14.1. The lowest BCUT2D eigenvalue weighted by atomic mass is 9.88. The first-order valence-electron chi connectivity index (χ1n) is 7.96. The van der Waals surface area contributed by atoms with Crippen molar-refractivity contribution in [3.63, 3.8) is 0 Å². The molecule has 0 fully saturated rings. The Kier molecular flexibility index (Phi) is 3.23. The van der Waals surface area contributed by atoms with E-state index in [1.807, 2.05) is 0 Å². The maximum absolute atomic E-state index is 2.46. The van der Waals surface area contributed by atoms with Gasteiger partial charge in [0.15, 0.2) is 0 Å². The van der Waals surface area contributed by atoms with E-state index in [1.54, 1.807) is 5.57 Å². The van der Waals surface area contributed by atoms with E-state index in [2.05, 4.69) is 66.8 Å². The average Bonchev–Trinajstić information content (AvgIpc) is 3.00. The summed E-state index contributed by atoms with van der Waals surface area (Å²) in [6.07, 6.45) is 12.3. The van der Waals surface area contributed by atoms with Crippen LogP contribution in [0.1, 0.15) is 30.4 Å². The smallest absolute Gasteiger partial charge is 0.00165 e. The molecular formula is C21H20. The first-order valence-corrected chi connectivity index (χ1v) is 7.96. The molecule has 104 valence electrons. The van der Waals surface area contributed by atoms with Gasteiger partial charge in [-0.05, 0) is 53.9 Å². The molecule has 2 aromatic rings. The highest BCUT2D eigenvalue weighted by molar-refractivity contribution is 5.81. The highest BCUT2D eigenvalue weighted by Crippen LogP contribution is 2.38. The Hall–Kier alpha value is -2.08. The van der Waals surface area contributed by atoms with Gasteiger partial charge in [0.2, 0.25) is 0 Å². The predicted octanol–water partition coefficient (Wildman–Crippen LogP) is 5.65. The van der Waals surface area contributed by atoms with Crippen molar-refractivity contribution < 1.29 is 0 Å². The summed E-state index contributed by atoms with van der Waals surface area (Å²) in [5, 5.41) is 0. The molecule has 2 aromatic carbocycles. The molecule has 21 heavy (non-hydrogen) atoms. The third kappa shape index (κ3) is 2.35. The Bertz CT molecular complexity index is 704. The van der Waals surface area contributed by atoms with Crippen LogP contribution in [0.25, 0.3) is 17.2 Å². The van der Waals surface area contributed by atoms with Crippen molar-refractivity contribution in [3.05, 3.63) is 77.4 Å². The molecule has 1 unspecified atom stereocenters. The van der Waals surface area contributed by atoms with E-state index in [-0.39, 0.29) is 0 Å². The van der Waals surface area contributed by atoms with Gasteiger partial charge in [-0.1, -0.05) is 72.3 Å². The highest BCUT2D eigenvalue weighted by atomic mass is 14.3. The third-order valence-electron chi connectivity index (χ3n) is 4.74. The van der Waals surface area contributed by atoms with Gasteiger partial charge in [0, 0.05) is 0 Å². The van der Waals surface area contributed by atoms with Crippen LogP contribution in [0.5, 0.6) is 0 Å². The Morgan fingerprint density at radius 1 is 0.905 bits per heavy atom. The van der Waals surface area contributed by atoms with Gasteiger partial charge in [0.05, 0.1) is 0 Å². The first-order chi connectivity index (χ1) is 10.4. The minimum atomic E-state index is 0.662. The Morgan fingerprint density at radius 3 is 2.62 bits per heavy atom. The van der Waals surface area contributed by atoms with Crippen LogP contribution in [0.15, 0.2) is 66.3 Å². The monoisotopic (exact) mass is 272 g/mol. The molecule has 0 aromatic heterocycles. The number of hydrogen-bond donors (Lipinski definition) is 0. The second-order valence-electron chi connectivity index (χ2n) is 6.11. The zero-order valence-corrected chi connectivity index (χ0v) is 12.3. The Labute approximate surface area is 126 Å². The summed E-state index contributed by atoms with van der Waals surface area (Å²) in [5.74, 6) is 0.662. The van der Waals surface area contributed by atoms with Crippen molar-refractivity contribution in [3.8, 4) is 11.1 Å². The fraction of sp³-hybridized carbons (Fsp3) is 0.238. The van der Waals surface area contributed by atoms with Gasteiger partial charge in [-0.2, -0.15) is 0 Å². The summed E-state index contributed by atoms with van der Waals surface area (Å²) < 4.78 is 0. The Balaban J connectivity index is 1.75. The van der Waals surface area contributed by atoms with E-state index >= 15 is 0 Å². The molecule has 0 saturated carbocycles. The lowest BCUT2D eigenvalue weighted by molar-refractivity contribution is 0.600. The molecular weight excluding hydrogens is 252 g/mol. The summed E-state index contributed by atoms with van der Waals surface area (Å²) in [6, 6.07) is 17.5. The molecule has 0 nitrogen and oxygen atoms in total. The summed E-state index contributed by atoms with van der Waals surface area (Å²) in [6.45, 7) is 0. The SMILES string of the molecule is C1=CC(C2=Cc3c(cccc3-c3ccccc3)C2)CCC1. The molecule has 0 N–H and O–H groups in total. The molecule has 0 saturated heterocycles. The lowest BCUT2D eigenvalue weighted by Gasteiger charge is -2.17. The average molecular weight is 272 g/mol. The van der Waals surface area contributed by atoms with E-state index in [9.17, 15) is 0 Å². The minimum absolute atomic E-state index is 0.662. The lowest BCUT2D eigenvalue weighted by Crippen LogP contribution is -2.04. The fourth-order valence-corrected chi connectivity index (χ4v) is 3.62. The number of allylic oxidation sites excluding steroid dienone is 3. The summed E-state index contributed by atoms with van der Waals surface area (Å²) in [4.78, 5) is 0. The van der Waals surface area contributed by atoms with Crippen molar-refractivity contribution in [2.24, 2.45) is 5.92 Å². The molecule has 0 radical (unpaired) electrons. The van der Waals surface area contributed by atoms with Crippen LogP contribution in [0.3, 0.4) is 0 Å². The molecule has 1 atom stereocenters. The fourth-order valence-electron chi connectivity index (χ4n) is 3.62. The second-order valence-corrected chi connectivity index (χ2v) is 6.11. The van der Waals surface area contributed by atoms with Crippen molar-refractivity contribution >= 4 is 6.08 Å². The van der Waals surface area contributed by atoms with Gasteiger partial charge in [-0.25, -0.2) is 0 Å². The standard InChI is InChI=1S/C21H20/c1-3-8-16(9-4-1)19-14-18-12-7-13-20(21(18)15-19)17-10-5-2-6-11-17/h2-3,5-8,10-13,15-16H,1,4,9,14H2. The third-order valence-corrected chi connectivity index (χ3v) is 4.74. The van der Waals surface area contributed by atoms with Crippen LogP contribution >= 0.6 is 0 Å². The maximum atomic E-state index is 2.46. The van der Waals surface area contributed by atoms with Gasteiger partial charge in [-0.3, -0.25) is 0 Å². The number of benzene rings is 2. The number of hydrogen-bond acceptors (Lipinski definition) is 0. The minimum Gasteiger partial charge on any atom is -0.0879 e. The number of rotatable bonds is 2. The molecule has 0 heterocycles. The topological polar surface area (TPSA) is 0 Å². The van der Waals surface area contributed by atoms with Gasteiger partial charge in [0.1, 0.15) is 0 Å². The molecule has 0 heteroatoms. The van der Waals surface area contributed by atoms with Crippen LogP contribution in [0.4, 0.5) is 0 Å². The van der Waals surface area contributed by atoms with E-state index in [0.717, 1.165) is 6.42 Å². The highest BCUT2D eigenvalue weighted by Gasteiger charge is 2.21. The van der Waals surface area contributed by atoms with E-state index < -0.39 is 0 Å². The van der Waals surface area contributed by atoms with Crippen molar-refractivity contribution in [2.45, 2.75) is 25.7 Å². The predicted molar refractivity (Wildman–Crippen MR) is 90.0 cm³/mol. The summed E-state index contributed by atoms with van der Waals surface area (Å²) in [7, 11) is 0. The van der Waals surface area contributed by atoms with Crippen LogP contribution in [-0.4, -0.2) is 0 Å². The maximum Gasteiger partial charge on any atom is -0.00165 e. The van der Waals surface area contributed by atoms with Gasteiger partial charge < -0.3 is 0 Å². The molecule has 0 amide bonds. The van der Waals surface area contributed by atoms with Gasteiger partial charge in [-0.15, -0.1) is 0 Å². The zero-order valence-electron chi connectivity index (χ0n) is 12.3. The first kappa shape index (κ1) is 12.6. The Morgan fingerprint density at radius 2 is 1.81 bits per heavy atom. The van der Waals surface area contributed by atoms with E-state index in [0.29, 0.717) is 5.92 Å². The van der Waals surface area contributed by atoms with E-state index in [1.165, 1.54) is 41.5 Å². The molecule has 2 aliphatic rings. The van der Waals surface area contributed by atoms with Gasteiger partial charge >= 0.3 is 0 Å². The quantitative estimate of drug-likeness (QED) is 0.620. The van der Waals surface area contributed by atoms with Crippen LogP contribution in [0.2, 0.25) is 0 Å². The largest absolute Gasteiger partial charge is 0.0879 e. The van der Waals surface area contributed by atoms with Crippen LogP contribution in [0, 0.1) is 5.92 Å². The van der Waals surface area contributed by atoms with E-state index in [4.69, 9.17) is 0 Å². The van der Waals surface area contributed by atoms with Crippen LogP contribution in [-0.2, 0) is 6.42 Å². The molecule has 0 bridgehead atoms. The molecule has 0 spiro atoms. The molecule has 2 aliphatic carbocycles. The van der Waals surface area contributed by atoms with Crippen molar-refractivity contribution in [2.75, 3.05) is 0 Å². The normalized spacial score (nSPS) is 20.2. The molecule has 0 aliphatic heterocycles.